The standard InChI is InChI=1S/C18H20NO3/c1-21-15-8-5-9-16-14(15)10-12-11-19(18(20)17(12)22-16)13-6-3-2-4-7-13/h5-6,8-10,13,17H,2-4,7,11H2,1H3/t13-,17?/m0/s1. The van der Waals surface area contributed by atoms with Gasteiger partial charge in [-0.1, -0.05) is 18.9 Å². The van der Waals surface area contributed by atoms with Crippen molar-refractivity contribution in [2.24, 2.45) is 0 Å². The summed E-state index contributed by atoms with van der Waals surface area (Å²) < 4.78 is 11.4. The van der Waals surface area contributed by atoms with Crippen LogP contribution in [-0.2, 0) is 4.79 Å². The van der Waals surface area contributed by atoms with Gasteiger partial charge in [0.2, 0.25) is 0 Å². The lowest BCUT2D eigenvalue weighted by molar-refractivity contribution is -0.134. The zero-order valence-electron chi connectivity index (χ0n) is 12.7. The molecule has 1 amide bonds. The van der Waals surface area contributed by atoms with Gasteiger partial charge in [-0.3, -0.25) is 4.79 Å². The van der Waals surface area contributed by atoms with Crippen LogP contribution in [0.3, 0.4) is 0 Å². The summed E-state index contributed by atoms with van der Waals surface area (Å²) in [5.41, 5.74) is 1.99. The minimum atomic E-state index is -0.449. The van der Waals surface area contributed by atoms with Crippen molar-refractivity contribution in [2.75, 3.05) is 13.7 Å². The second kappa shape index (κ2) is 5.34. The molecule has 4 nitrogen and oxygen atoms in total. The number of hydrogen-bond acceptors (Lipinski definition) is 3. The molecule has 4 rings (SSSR count). The second-order valence-electron chi connectivity index (χ2n) is 6.14. The number of methoxy groups -OCH3 is 1. The van der Waals surface area contributed by atoms with Crippen LogP contribution in [0.15, 0.2) is 23.8 Å². The van der Waals surface area contributed by atoms with E-state index in [1.807, 2.05) is 23.1 Å². The fourth-order valence-corrected chi connectivity index (χ4v) is 3.66. The Kier molecular flexibility index (Phi) is 3.32. The van der Waals surface area contributed by atoms with Gasteiger partial charge in [0.05, 0.1) is 12.7 Å². The summed E-state index contributed by atoms with van der Waals surface area (Å²) in [5, 5.41) is 0. The maximum Gasteiger partial charge on any atom is 0.268 e. The molecular weight excluding hydrogens is 278 g/mol. The number of hydrogen-bond donors (Lipinski definition) is 0. The van der Waals surface area contributed by atoms with E-state index in [0.717, 1.165) is 35.5 Å². The maximum absolute atomic E-state index is 12.7. The predicted molar refractivity (Wildman–Crippen MR) is 83.7 cm³/mol. The third-order valence-corrected chi connectivity index (χ3v) is 4.81. The van der Waals surface area contributed by atoms with Crippen molar-refractivity contribution in [3.05, 3.63) is 35.8 Å². The minimum absolute atomic E-state index is 0.0999. The van der Waals surface area contributed by atoms with E-state index in [4.69, 9.17) is 9.47 Å². The molecule has 1 saturated carbocycles. The van der Waals surface area contributed by atoms with E-state index in [9.17, 15) is 4.79 Å². The van der Waals surface area contributed by atoms with Crippen LogP contribution in [0, 0.1) is 6.42 Å². The van der Waals surface area contributed by atoms with E-state index in [1.54, 1.807) is 7.11 Å². The first-order chi connectivity index (χ1) is 10.8. The number of benzene rings is 1. The van der Waals surface area contributed by atoms with Crippen molar-refractivity contribution in [2.45, 2.75) is 37.8 Å². The first-order valence-electron chi connectivity index (χ1n) is 7.96. The normalized spacial score (nSPS) is 24.4. The summed E-state index contributed by atoms with van der Waals surface area (Å²) in [6, 6.07) is 5.97. The number of amides is 1. The van der Waals surface area contributed by atoms with Crippen LogP contribution in [0.5, 0.6) is 11.5 Å². The first kappa shape index (κ1) is 13.7. The van der Waals surface area contributed by atoms with Crippen LogP contribution in [-0.4, -0.2) is 36.6 Å². The topological polar surface area (TPSA) is 38.8 Å². The second-order valence-corrected chi connectivity index (χ2v) is 6.14. The Morgan fingerprint density at radius 3 is 3.00 bits per heavy atom. The van der Waals surface area contributed by atoms with Crippen molar-refractivity contribution < 1.29 is 14.3 Å². The highest BCUT2D eigenvalue weighted by atomic mass is 16.5. The maximum atomic E-state index is 12.7. The summed E-state index contributed by atoms with van der Waals surface area (Å²) in [5.74, 6) is 1.62. The van der Waals surface area contributed by atoms with E-state index in [0.29, 0.717) is 6.54 Å². The van der Waals surface area contributed by atoms with Crippen molar-refractivity contribution in [3.63, 3.8) is 0 Å². The summed E-state index contributed by atoms with van der Waals surface area (Å²) in [6.45, 7) is 0.669. The number of likely N-dealkylation sites (tertiary alicyclic amines) is 1. The van der Waals surface area contributed by atoms with E-state index >= 15 is 0 Å². The number of fused-ring (bicyclic) bond motifs is 2. The van der Waals surface area contributed by atoms with Gasteiger partial charge in [-0.25, -0.2) is 0 Å². The fourth-order valence-electron chi connectivity index (χ4n) is 3.66. The Labute approximate surface area is 130 Å². The third-order valence-electron chi connectivity index (χ3n) is 4.81. The lowest BCUT2D eigenvalue weighted by atomic mass is 9.94. The number of carbonyl (C=O) groups is 1. The van der Waals surface area contributed by atoms with Crippen LogP contribution in [0.2, 0.25) is 0 Å². The van der Waals surface area contributed by atoms with E-state index < -0.39 is 6.10 Å². The van der Waals surface area contributed by atoms with Crippen molar-refractivity contribution in [3.8, 4) is 11.5 Å². The van der Waals surface area contributed by atoms with Crippen LogP contribution >= 0.6 is 0 Å². The Bertz CT molecular complexity index is 631. The van der Waals surface area contributed by atoms with Crippen LogP contribution in [0.1, 0.15) is 31.2 Å². The largest absolute Gasteiger partial charge is 0.496 e. The Morgan fingerprint density at radius 1 is 1.32 bits per heavy atom. The van der Waals surface area contributed by atoms with Gasteiger partial charge < -0.3 is 14.4 Å². The predicted octanol–water partition coefficient (Wildman–Crippen LogP) is 2.83. The molecule has 4 heteroatoms. The number of carbonyl (C=O) groups excluding carboxylic acids is 1. The molecule has 22 heavy (non-hydrogen) atoms. The van der Waals surface area contributed by atoms with Gasteiger partial charge >= 0.3 is 0 Å². The van der Waals surface area contributed by atoms with E-state index in [2.05, 4.69) is 12.5 Å². The molecule has 1 aromatic carbocycles. The average molecular weight is 298 g/mol. The molecule has 2 fully saturated rings. The number of rotatable bonds is 2. The van der Waals surface area contributed by atoms with Gasteiger partial charge in [0.25, 0.3) is 5.91 Å². The molecular formula is C18H20NO3. The molecule has 2 atom stereocenters. The lowest BCUT2D eigenvalue weighted by Gasteiger charge is -2.30. The minimum Gasteiger partial charge on any atom is -0.496 e. The van der Waals surface area contributed by atoms with Crippen molar-refractivity contribution in [1.82, 2.24) is 4.90 Å². The molecule has 2 heterocycles. The van der Waals surface area contributed by atoms with Gasteiger partial charge in [0, 0.05) is 12.6 Å². The lowest BCUT2D eigenvalue weighted by Crippen LogP contribution is -2.41. The highest BCUT2D eigenvalue weighted by Gasteiger charge is 2.43. The van der Waals surface area contributed by atoms with Gasteiger partial charge in [0.15, 0.2) is 6.10 Å². The Hall–Kier alpha value is -1.97. The van der Waals surface area contributed by atoms with E-state index in [1.165, 1.54) is 12.8 Å². The molecule has 1 unspecified atom stereocenters. The quantitative estimate of drug-likeness (QED) is 0.843. The fraction of sp³-hybridized carbons (Fsp3) is 0.444. The SMILES string of the molecule is COc1cccc2c1C=C1CN([C@H]3[CH]CCCC3)C(=O)C1O2. The molecule has 1 radical (unpaired) electrons. The monoisotopic (exact) mass is 298 g/mol. The molecule has 1 aromatic rings. The smallest absolute Gasteiger partial charge is 0.268 e. The summed E-state index contributed by atoms with van der Waals surface area (Å²) >= 11 is 0. The zero-order chi connectivity index (χ0) is 15.1. The summed E-state index contributed by atoms with van der Waals surface area (Å²) in [7, 11) is 1.66. The van der Waals surface area contributed by atoms with Crippen LogP contribution in [0.4, 0.5) is 0 Å². The molecule has 1 saturated heterocycles. The summed E-state index contributed by atoms with van der Waals surface area (Å²) in [4.78, 5) is 14.7. The number of nitrogens with zero attached hydrogens (tertiary/aromatic N) is 1. The molecule has 1 aliphatic carbocycles. The first-order valence-corrected chi connectivity index (χ1v) is 7.96. The van der Waals surface area contributed by atoms with Crippen molar-refractivity contribution >= 4 is 12.0 Å². The van der Waals surface area contributed by atoms with E-state index in [-0.39, 0.29) is 11.9 Å². The molecule has 0 spiro atoms. The van der Waals surface area contributed by atoms with Crippen LogP contribution in [0.25, 0.3) is 6.08 Å². The Morgan fingerprint density at radius 2 is 2.23 bits per heavy atom. The molecule has 0 N–H and O–H groups in total. The van der Waals surface area contributed by atoms with Crippen molar-refractivity contribution in [1.29, 1.82) is 0 Å². The van der Waals surface area contributed by atoms with Gasteiger partial charge in [-0.05, 0) is 43.0 Å². The molecule has 115 valence electrons. The summed E-state index contributed by atoms with van der Waals surface area (Å²) in [6.07, 6.45) is 8.52. The van der Waals surface area contributed by atoms with Gasteiger partial charge in [-0.2, -0.15) is 0 Å². The third kappa shape index (κ3) is 2.09. The Balaban J connectivity index is 1.64. The average Bonchev–Trinajstić information content (AvgIpc) is 2.89. The zero-order valence-corrected chi connectivity index (χ0v) is 12.7. The number of ether oxygens (including phenoxy) is 2. The molecule has 2 aliphatic heterocycles. The molecule has 0 aromatic heterocycles. The highest BCUT2D eigenvalue weighted by Crippen LogP contribution is 2.40. The van der Waals surface area contributed by atoms with Gasteiger partial charge in [0.1, 0.15) is 11.5 Å². The molecule has 0 bridgehead atoms. The van der Waals surface area contributed by atoms with Gasteiger partial charge in [-0.15, -0.1) is 0 Å². The highest BCUT2D eigenvalue weighted by molar-refractivity contribution is 5.92. The molecule has 3 aliphatic rings. The van der Waals surface area contributed by atoms with Crippen LogP contribution < -0.4 is 9.47 Å².